The van der Waals surface area contributed by atoms with Gasteiger partial charge in [0.2, 0.25) is 0 Å². The molecule has 0 radical (unpaired) electrons. The van der Waals surface area contributed by atoms with Gasteiger partial charge in [-0.25, -0.2) is 4.79 Å². The van der Waals surface area contributed by atoms with Gasteiger partial charge in [-0.3, -0.25) is 14.8 Å². The van der Waals surface area contributed by atoms with Gasteiger partial charge in [0.15, 0.2) is 0 Å². The van der Waals surface area contributed by atoms with Gasteiger partial charge in [-0.15, -0.1) is 0 Å². The number of nitrogens with zero attached hydrogens (tertiary/aromatic N) is 2. The maximum atomic E-state index is 11.7. The van der Waals surface area contributed by atoms with Crippen LogP contribution in [0.25, 0.3) is 11.1 Å². The molecule has 1 heterocycles. The van der Waals surface area contributed by atoms with E-state index in [9.17, 15) is 9.59 Å². The van der Waals surface area contributed by atoms with Gasteiger partial charge in [-0.05, 0) is 24.6 Å². The number of benzene rings is 1. The van der Waals surface area contributed by atoms with Crippen LogP contribution in [-0.2, 0) is 4.79 Å². The number of nitrogens with two attached hydrogens (primary N) is 2. The summed E-state index contributed by atoms with van der Waals surface area (Å²) in [5, 5.41) is 6.13. The van der Waals surface area contributed by atoms with Crippen molar-refractivity contribution < 1.29 is 9.59 Å². The molecule has 0 aliphatic carbocycles. The lowest BCUT2D eigenvalue weighted by atomic mass is 10.1. The first-order valence-corrected chi connectivity index (χ1v) is 5.97. The molecule has 7 heteroatoms. The number of amides is 3. The van der Waals surface area contributed by atoms with E-state index >= 15 is 0 Å². The highest BCUT2D eigenvalue weighted by atomic mass is 16.2. The summed E-state index contributed by atoms with van der Waals surface area (Å²) in [4.78, 5) is 22.3. The van der Waals surface area contributed by atoms with Crippen LogP contribution in [0.5, 0.6) is 0 Å². The molecule has 1 unspecified atom stereocenters. The number of nitrogen functional groups attached to an aromatic ring is 1. The van der Waals surface area contributed by atoms with Gasteiger partial charge < -0.3 is 11.5 Å². The number of urea groups is 1. The van der Waals surface area contributed by atoms with Crippen molar-refractivity contribution in [2.75, 3.05) is 5.73 Å². The Balaban J connectivity index is 2.20. The van der Waals surface area contributed by atoms with Crippen molar-refractivity contribution in [1.29, 1.82) is 0 Å². The Morgan fingerprint density at radius 2 is 2.10 bits per heavy atom. The molecule has 7 nitrogen and oxygen atoms in total. The summed E-state index contributed by atoms with van der Waals surface area (Å²) in [5.74, 6) is -0.514. The zero-order valence-corrected chi connectivity index (χ0v) is 10.9. The summed E-state index contributed by atoms with van der Waals surface area (Å²) >= 11 is 0. The fourth-order valence-electron chi connectivity index (χ4n) is 1.76. The monoisotopic (exact) mass is 273 g/mol. The second-order valence-corrected chi connectivity index (χ2v) is 4.36. The van der Waals surface area contributed by atoms with E-state index in [2.05, 4.69) is 5.10 Å². The van der Waals surface area contributed by atoms with Gasteiger partial charge in [0.25, 0.3) is 5.91 Å². The third-order valence-electron chi connectivity index (χ3n) is 2.84. The maximum absolute atomic E-state index is 11.7. The van der Waals surface area contributed by atoms with Crippen LogP contribution in [0.3, 0.4) is 0 Å². The minimum atomic E-state index is -0.884. The van der Waals surface area contributed by atoms with E-state index in [0.29, 0.717) is 5.69 Å². The minimum absolute atomic E-state index is 0.514. The van der Waals surface area contributed by atoms with Crippen molar-refractivity contribution in [3.8, 4) is 11.1 Å². The summed E-state index contributed by atoms with van der Waals surface area (Å²) in [6.07, 6.45) is 3.34. The lowest BCUT2D eigenvalue weighted by Gasteiger charge is -2.10. The Hall–Kier alpha value is -2.83. The van der Waals surface area contributed by atoms with Crippen LogP contribution in [0, 0.1) is 0 Å². The molecule has 2 aromatic rings. The molecule has 0 saturated heterocycles. The van der Waals surface area contributed by atoms with Crippen molar-refractivity contribution >= 4 is 17.6 Å². The molecule has 1 aromatic carbocycles. The minimum Gasteiger partial charge on any atom is -0.399 e. The number of carbonyl (C=O) groups is 2. The quantitative estimate of drug-likeness (QED) is 0.720. The van der Waals surface area contributed by atoms with Gasteiger partial charge in [0, 0.05) is 17.4 Å². The molecule has 0 bridgehead atoms. The van der Waals surface area contributed by atoms with Crippen LogP contribution in [0.4, 0.5) is 10.5 Å². The van der Waals surface area contributed by atoms with E-state index in [1.165, 1.54) is 4.68 Å². The highest BCUT2D eigenvalue weighted by Gasteiger charge is 2.17. The second kappa shape index (κ2) is 5.43. The molecule has 5 N–H and O–H groups in total. The molecule has 2 rings (SSSR count). The summed E-state index contributed by atoms with van der Waals surface area (Å²) in [6, 6.07) is 5.81. The topological polar surface area (TPSA) is 116 Å². The van der Waals surface area contributed by atoms with Crippen LogP contribution in [0.15, 0.2) is 36.7 Å². The first-order valence-electron chi connectivity index (χ1n) is 5.97. The number of nitrogens with one attached hydrogen (secondary N) is 1. The van der Waals surface area contributed by atoms with Gasteiger partial charge in [-0.2, -0.15) is 5.10 Å². The Kier molecular flexibility index (Phi) is 3.69. The van der Waals surface area contributed by atoms with Crippen molar-refractivity contribution in [3.63, 3.8) is 0 Å². The molecular weight excluding hydrogens is 258 g/mol. The molecule has 1 atom stereocenters. The summed E-state index contributed by atoms with van der Waals surface area (Å²) in [7, 11) is 0. The molecule has 0 aliphatic heterocycles. The summed E-state index contributed by atoms with van der Waals surface area (Å²) < 4.78 is 1.46. The maximum Gasteiger partial charge on any atom is 0.318 e. The Morgan fingerprint density at radius 3 is 2.75 bits per heavy atom. The van der Waals surface area contributed by atoms with E-state index in [0.717, 1.165) is 11.1 Å². The third kappa shape index (κ3) is 2.94. The van der Waals surface area contributed by atoms with Crippen molar-refractivity contribution in [3.05, 3.63) is 36.7 Å². The third-order valence-corrected chi connectivity index (χ3v) is 2.84. The second-order valence-electron chi connectivity index (χ2n) is 4.36. The lowest BCUT2D eigenvalue weighted by molar-refractivity contribution is -0.122. The average Bonchev–Trinajstić information content (AvgIpc) is 2.86. The number of carbonyl (C=O) groups excluding carboxylic acids is 2. The van der Waals surface area contributed by atoms with Crippen molar-refractivity contribution in [1.82, 2.24) is 15.1 Å². The molecule has 0 aliphatic rings. The van der Waals surface area contributed by atoms with Crippen LogP contribution in [-0.4, -0.2) is 21.7 Å². The van der Waals surface area contributed by atoms with Crippen LogP contribution in [0.1, 0.15) is 13.0 Å². The number of rotatable bonds is 3. The zero-order valence-electron chi connectivity index (χ0n) is 10.9. The van der Waals surface area contributed by atoms with E-state index in [-0.39, 0.29) is 0 Å². The number of hydrogen-bond acceptors (Lipinski definition) is 4. The first-order chi connectivity index (χ1) is 9.47. The molecule has 1 aromatic heterocycles. The average molecular weight is 273 g/mol. The predicted octanol–water partition coefficient (Wildman–Crippen LogP) is 0.888. The first kappa shape index (κ1) is 13.6. The fourth-order valence-corrected chi connectivity index (χ4v) is 1.76. The summed E-state index contributed by atoms with van der Waals surface area (Å²) in [5.41, 5.74) is 13.0. The molecule has 0 fully saturated rings. The van der Waals surface area contributed by atoms with Crippen LogP contribution in [0.2, 0.25) is 0 Å². The molecule has 104 valence electrons. The van der Waals surface area contributed by atoms with Gasteiger partial charge in [-0.1, -0.05) is 12.1 Å². The van der Waals surface area contributed by atoms with Crippen molar-refractivity contribution in [2.24, 2.45) is 5.73 Å². The van der Waals surface area contributed by atoms with E-state index < -0.39 is 18.0 Å². The van der Waals surface area contributed by atoms with E-state index in [4.69, 9.17) is 11.5 Å². The molecule has 20 heavy (non-hydrogen) atoms. The van der Waals surface area contributed by atoms with Gasteiger partial charge in [0.05, 0.1) is 6.20 Å². The number of imide groups is 1. The Morgan fingerprint density at radius 1 is 1.35 bits per heavy atom. The molecule has 3 amide bonds. The summed E-state index contributed by atoms with van der Waals surface area (Å²) in [6.45, 7) is 1.62. The molecule has 0 saturated carbocycles. The SMILES string of the molecule is CC(C(=O)NC(N)=O)n1cc(-c2cccc(N)c2)cn1. The normalized spacial score (nSPS) is 11.8. The predicted molar refractivity (Wildman–Crippen MR) is 74.5 cm³/mol. The molecular formula is C13H15N5O2. The van der Waals surface area contributed by atoms with Gasteiger partial charge >= 0.3 is 6.03 Å². The van der Waals surface area contributed by atoms with E-state index in [1.54, 1.807) is 25.4 Å². The van der Waals surface area contributed by atoms with Crippen molar-refractivity contribution in [2.45, 2.75) is 13.0 Å². The van der Waals surface area contributed by atoms with Crippen LogP contribution >= 0.6 is 0 Å². The van der Waals surface area contributed by atoms with Gasteiger partial charge in [0.1, 0.15) is 6.04 Å². The standard InChI is InChI=1S/C13H15N5O2/c1-8(12(19)17-13(15)20)18-7-10(6-16-18)9-3-2-4-11(14)5-9/h2-8H,14H2,1H3,(H3,15,17,19,20). The highest BCUT2D eigenvalue weighted by molar-refractivity contribution is 5.95. The Labute approximate surface area is 115 Å². The van der Waals surface area contributed by atoms with Crippen LogP contribution < -0.4 is 16.8 Å². The van der Waals surface area contributed by atoms with E-state index in [1.807, 2.05) is 23.5 Å². The number of aromatic nitrogens is 2. The largest absolute Gasteiger partial charge is 0.399 e. The lowest BCUT2D eigenvalue weighted by Crippen LogP contribution is -2.39. The number of hydrogen-bond donors (Lipinski definition) is 3. The zero-order chi connectivity index (χ0) is 14.7. The Bertz CT molecular complexity index is 650. The highest BCUT2D eigenvalue weighted by Crippen LogP contribution is 2.21. The molecule has 0 spiro atoms. The fraction of sp³-hybridized carbons (Fsp3) is 0.154. The smallest absolute Gasteiger partial charge is 0.318 e. The number of primary amides is 1. The number of anilines is 1.